The third-order valence-corrected chi connectivity index (χ3v) is 9.51. The molecule has 0 amide bonds. The van der Waals surface area contributed by atoms with Crippen LogP contribution in [0.4, 0.5) is 0 Å². The van der Waals surface area contributed by atoms with E-state index in [9.17, 15) is 0 Å². The largest absolute Gasteiger partial charge is 0.0866 e. The van der Waals surface area contributed by atoms with Crippen molar-refractivity contribution in [2.75, 3.05) is 0 Å². The minimum absolute atomic E-state index is 0.958. The lowest BCUT2D eigenvalue weighted by Crippen LogP contribution is -2.29. The number of rotatable bonds is 6. The van der Waals surface area contributed by atoms with Crippen LogP contribution in [0.2, 0.25) is 24.2 Å². The summed E-state index contributed by atoms with van der Waals surface area (Å²) in [6.45, 7) is 7.11. The van der Waals surface area contributed by atoms with E-state index in [1.807, 2.05) is 0 Å². The first-order chi connectivity index (χ1) is 7.76. The second-order valence-electron chi connectivity index (χ2n) is 4.58. The van der Waals surface area contributed by atoms with Crippen LogP contribution in [0, 0.1) is 0 Å². The molecule has 1 aromatic carbocycles. The van der Waals surface area contributed by atoms with Crippen molar-refractivity contribution < 1.29 is 0 Å². The van der Waals surface area contributed by atoms with Crippen molar-refractivity contribution in [3.63, 3.8) is 0 Å². The molecule has 0 saturated heterocycles. The summed E-state index contributed by atoms with van der Waals surface area (Å²) in [6.07, 6.45) is 4.68. The van der Waals surface area contributed by atoms with Gasteiger partial charge in [-0.1, -0.05) is 81.4 Å². The fourth-order valence-corrected chi connectivity index (χ4v) is 5.18. The van der Waals surface area contributed by atoms with Crippen LogP contribution >= 0.6 is 0 Å². The molecule has 0 unspecified atom stereocenters. The lowest BCUT2D eigenvalue weighted by Gasteiger charge is -2.26. The second kappa shape index (κ2) is 6.69. The summed E-state index contributed by atoms with van der Waals surface area (Å²) in [5.74, 6) is 0. The molecular formula is C15H24Si. The van der Waals surface area contributed by atoms with Gasteiger partial charge in [0, 0.05) is 0 Å². The number of hydrogen-bond acceptors (Lipinski definition) is 0. The molecule has 0 spiro atoms. The highest BCUT2D eigenvalue weighted by atomic mass is 28.3. The lowest BCUT2D eigenvalue weighted by molar-refractivity contribution is 1.15. The van der Waals surface area contributed by atoms with Crippen LogP contribution in [0.3, 0.4) is 0 Å². The van der Waals surface area contributed by atoms with Gasteiger partial charge in [0.2, 0.25) is 0 Å². The topological polar surface area (TPSA) is 0 Å². The van der Waals surface area contributed by atoms with E-state index in [1.54, 1.807) is 0 Å². The van der Waals surface area contributed by atoms with Gasteiger partial charge in [0.25, 0.3) is 0 Å². The van der Waals surface area contributed by atoms with Gasteiger partial charge in [0.15, 0.2) is 0 Å². The molecule has 16 heavy (non-hydrogen) atoms. The molecule has 0 nitrogen and oxygen atoms in total. The van der Waals surface area contributed by atoms with Crippen LogP contribution in [-0.4, -0.2) is 8.07 Å². The van der Waals surface area contributed by atoms with Crippen molar-refractivity contribution in [3.05, 3.63) is 42.0 Å². The van der Waals surface area contributed by atoms with Gasteiger partial charge in [0.1, 0.15) is 0 Å². The van der Waals surface area contributed by atoms with E-state index in [0.717, 1.165) is 0 Å². The normalized spacial score (nSPS) is 12.2. The molecule has 0 aliphatic carbocycles. The van der Waals surface area contributed by atoms with E-state index >= 15 is 0 Å². The summed E-state index contributed by atoms with van der Waals surface area (Å²) >= 11 is 0. The fraction of sp³-hybridized carbons (Fsp3) is 0.467. The van der Waals surface area contributed by atoms with E-state index in [2.05, 4.69) is 63.3 Å². The molecule has 0 atom stereocenters. The third kappa shape index (κ3) is 3.64. The van der Waals surface area contributed by atoms with Crippen molar-refractivity contribution in [2.24, 2.45) is 0 Å². The van der Waals surface area contributed by atoms with Gasteiger partial charge in [-0.3, -0.25) is 0 Å². The monoisotopic (exact) mass is 232 g/mol. The summed E-state index contributed by atoms with van der Waals surface area (Å²) in [6, 6.07) is 16.2. The van der Waals surface area contributed by atoms with Crippen LogP contribution in [0.25, 0.3) is 6.08 Å². The van der Waals surface area contributed by atoms with Crippen LogP contribution in [0.1, 0.15) is 26.3 Å². The Balaban J connectivity index is 2.59. The highest BCUT2D eigenvalue weighted by molar-refractivity contribution is 6.80. The molecule has 0 bridgehead atoms. The van der Waals surface area contributed by atoms with Gasteiger partial charge in [-0.2, -0.15) is 0 Å². The Hall–Kier alpha value is -0.823. The molecule has 88 valence electrons. The highest BCUT2D eigenvalue weighted by Gasteiger charge is 2.24. The van der Waals surface area contributed by atoms with Crippen LogP contribution in [0.5, 0.6) is 0 Å². The van der Waals surface area contributed by atoms with E-state index in [1.165, 1.54) is 29.7 Å². The van der Waals surface area contributed by atoms with Crippen molar-refractivity contribution in [1.82, 2.24) is 0 Å². The molecule has 0 heterocycles. The van der Waals surface area contributed by atoms with Gasteiger partial charge in [-0.05, 0) is 11.6 Å². The summed E-state index contributed by atoms with van der Waals surface area (Å²) in [5, 5.41) is 0. The maximum absolute atomic E-state index is 2.40. The van der Waals surface area contributed by atoms with Gasteiger partial charge >= 0.3 is 0 Å². The minimum Gasteiger partial charge on any atom is -0.0866 e. The van der Waals surface area contributed by atoms with Crippen molar-refractivity contribution >= 4 is 14.1 Å². The smallest absolute Gasteiger partial charge is 0.0565 e. The summed E-state index contributed by atoms with van der Waals surface area (Å²) in [4.78, 5) is 0. The number of benzene rings is 1. The first-order valence-electron chi connectivity index (χ1n) is 6.48. The van der Waals surface area contributed by atoms with Gasteiger partial charge < -0.3 is 0 Å². The zero-order chi connectivity index (χ0) is 11.9. The zero-order valence-corrected chi connectivity index (χ0v) is 11.9. The molecule has 0 saturated carbocycles. The Kier molecular flexibility index (Phi) is 5.54. The SMILES string of the molecule is CC[Si](CC)(CC)C/C=C/c1ccccc1. The Morgan fingerprint density at radius 3 is 2.00 bits per heavy atom. The summed E-state index contributed by atoms with van der Waals surface area (Å²) < 4.78 is 0. The number of allylic oxidation sites excluding steroid dienone is 1. The molecule has 0 N–H and O–H groups in total. The molecule has 1 rings (SSSR count). The lowest BCUT2D eigenvalue weighted by atomic mass is 10.2. The molecule has 1 heteroatoms. The van der Waals surface area contributed by atoms with Gasteiger partial charge in [0.05, 0.1) is 8.07 Å². The molecule has 0 aliphatic heterocycles. The van der Waals surface area contributed by atoms with E-state index < -0.39 is 8.07 Å². The summed E-state index contributed by atoms with van der Waals surface area (Å²) in [5.41, 5.74) is 1.33. The average Bonchev–Trinajstić information content (AvgIpc) is 2.37. The molecule has 0 radical (unpaired) electrons. The Morgan fingerprint density at radius 2 is 1.50 bits per heavy atom. The first-order valence-corrected chi connectivity index (χ1v) is 9.30. The van der Waals surface area contributed by atoms with E-state index in [-0.39, 0.29) is 0 Å². The predicted molar refractivity (Wildman–Crippen MR) is 77.5 cm³/mol. The van der Waals surface area contributed by atoms with Gasteiger partial charge in [-0.15, -0.1) is 0 Å². The van der Waals surface area contributed by atoms with Crippen molar-refractivity contribution in [3.8, 4) is 0 Å². The van der Waals surface area contributed by atoms with Crippen LogP contribution in [0.15, 0.2) is 36.4 Å². The third-order valence-electron chi connectivity index (χ3n) is 3.91. The Labute approximate surface area is 101 Å². The highest BCUT2D eigenvalue weighted by Crippen LogP contribution is 2.25. The fourth-order valence-electron chi connectivity index (χ4n) is 2.19. The second-order valence-corrected chi connectivity index (χ2v) is 10.1. The maximum Gasteiger partial charge on any atom is 0.0565 e. The predicted octanol–water partition coefficient (Wildman–Crippen LogP) is 5.21. The molecule has 0 fully saturated rings. The average molecular weight is 232 g/mol. The molecule has 0 aromatic heterocycles. The Bertz CT molecular complexity index is 301. The number of hydrogen-bond donors (Lipinski definition) is 0. The zero-order valence-electron chi connectivity index (χ0n) is 10.9. The van der Waals surface area contributed by atoms with Crippen molar-refractivity contribution in [2.45, 2.75) is 44.9 Å². The standard InChI is InChI=1S/C15H24Si/c1-4-16(5-2,6-3)14-10-13-15-11-8-7-9-12-15/h7-13H,4-6,14H2,1-3H3/b13-10+. The molecule has 0 aliphatic rings. The summed E-state index contributed by atoms with van der Waals surface area (Å²) in [7, 11) is -0.958. The minimum atomic E-state index is -0.958. The van der Waals surface area contributed by atoms with Crippen LogP contribution < -0.4 is 0 Å². The molecular weight excluding hydrogens is 208 g/mol. The maximum atomic E-state index is 2.40. The van der Waals surface area contributed by atoms with Crippen LogP contribution in [-0.2, 0) is 0 Å². The van der Waals surface area contributed by atoms with E-state index in [4.69, 9.17) is 0 Å². The van der Waals surface area contributed by atoms with E-state index in [0.29, 0.717) is 0 Å². The van der Waals surface area contributed by atoms with Crippen molar-refractivity contribution in [1.29, 1.82) is 0 Å². The first kappa shape index (κ1) is 13.2. The molecule has 1 aromatic rings. The Morgan fingerprint density at radius 1 is 0.938 bits per heavy atom. The van der Waals surface area contributed by atoms with Gasteiger partial charge in [-0.25, -0.2) is 0 Å². The quantitative estimate of drug-likeness (QED) is 0.591.